The minimum absolute atomic E-state index is 0.268. The topological polar surface area (TPSA) is 55.6 Å². The van der Waals surface area contributed by atoms with Crippen LogP contribution in [0.4, 0.5) is 0 Å². The number of carbonyl (C=O) groups is 1. The van der Waals surface area contributed by atoms with Crippen molar-refractivity contribution in [1.29, 1.82) is 0 Å². The number of nitrogens with two attached hydrogens (primary N) is 1. The smallest absolute Gasteiger partial charge is 0.231 e. The number of amides is 1. The Bertz CT molecular complexity index is 381. The molecule has 0 radical (unpaired) electrons. The Morgan fingerprint density at radius 2 is 2.17 bits per heavy atom. The van der Waals surface area contributed by atoms with E-state index in [1.54, 1.807) is 0 Å². The summed E-state index contributed by atoms with van der Waals surface area (Å²) in [6.07, 6.45) is 0.982. The van der Waals surface area contributed by atoms with Gasteiger partial charge in [0, 0.05) is 13.1 Å². The molecule has 18 heavy (non-hydrogen) atoms. The van der Waals surface area contributed by atoms with Gasteiger partial charge in [-0.1, -0.05) is 30.3 Å². The minimum atomic E-state index is -0.268. The molecular formula is C14H20N2O2. The average Bonchev–Trinajstić information content (AvgIpc) is 2.55. The third kappa shape index (κ3) is 4.13. The fraction of sp³-hybridized carbons (Fsp3) is 0.500. The third-order valence-corrected chi connectivity index (χ3v) is 3.17. The van der Waals surface area contributed by atoms with E-state index in [4.69, 9.17) is 10.5 Å². The molecular weight excluding hydrogens is 228 g/mol. The molecule has 1 atom stereocenters. The first kappa shape index (κ1) is 13.1. The first-order valence-corrected chi connectivity index (χ1v) is 6.36. The van der Waals surface area contributed by atoms with Crippen LogP contribution in [0.1, 0.15) is 5.56 Å². The fourth-order valence-electron chi connectivity index (χ4n) is 2.39. The average molecular weight is 248 g/mol. The largest absolute Gasteiger partial charge is 0.380 e. The summed E-state index contributed by atoms with van der Waals surface area (Å²) in [4.78, 5) is 13.1. The van der Waals surface area contributed by atoms with Crippen molar-refractivity contribution in [3.63, 3.8) is 0 Å². The molecule has 98 valence electrons. The molecule has 0 bridgehead atoms. The molecule has 4 nitrogen and oxygen atoms in total. The van der Waals surface area contributed by atoms with Gasteiger partial charge in [-0.3, -0.25) is 9.69 Å². The van der Waals surface area contributed by atoms with Gasteiger partial charge in [0.15, 0.2) is 0 Å². The van der Waals surface area contributed by atoms with Crippen molar-refractivity contribution in [2.24, 2.45) is 11.7 Å². The highest BCUT2D eigenvalue weighted by Crippen LogP contribution is 2.13. The normalized spacial score (nSPS) is 21.4. The lowest BCUT2D eigenvalue weighted by Crippen LogP contribution is -2.37. The lowest BCUT2D eigenvalue weighted by Gasteiger charge is -2.21. The summed E-state index contributed by atoms with van der Waals surface area (Å²) < 4.78 is 5.60. The van der Waals surface area contributed by atoms with Gasteiger partial charge in [0.25, 0.3) is 0 Å². The van der Waals surface area contributed by atoms with Crippen molar-refractivity contribution < 1.29 is 9.53 Å². The molecule has 0 aromatic heterocycles. The van der Waals surface area contributed by atoms with Gasteiger partial charge < -0.3 is 10.5 Å². The van der Waals surface area contributed by atoms with Gasteiger partial charge in [-0.2, -0.15) is 0 Å². The molecule has 1 amide bonds. The number of carbonyl (C=O) groups excluding carboxylic acids is 1. The number of benzene rings is 1. The summed E-state index contributed by atoms with van der Waals surface area (Å²) in [5.41, 5.74) is 6.56. The van der Waals surface area contributed by atoms with E-state index in [1.165, 1.54) is 5.56 Å². The molecule has 1 aliphatic heterocycles. The number of primary amides is 1. The van der Waals surface area contributed by atoms with Crippen LogP contribution in [0.3, 0.4) is 0 Å². The number of hydrogen-bond acceptors (Lipinski definition) is 3. The van der Waals surface area contributed by atoms with E-state index in [0.29, 0.717) is 19.1 Å². The number of nitrogens with zero attached hydrogens (tertiary/aromatic N) is 1. The molecule has 1 unspecified atom stereocenters. The highest BCUT2D eigenvalue weighted by atomic mass is 16.5. The first-order chi connectivity index (χ1) is 8.74. The van der Waals surface area contributed by atoms with Crippen molar-refractivity contribution in [2.75, 3.05) is 32.8 Å². The zero-order valence-electron chi connectivity index (χ0n) is 10.5. The summed E-state index contributed by atoms with van der Waals surface area (Å²) in [6, 6.07) is 10.4. The summed E-state index contributed by atoms with van der Waals surface area (Å²) in [7, 11) is 0. The van der Waals surface area contributed by atoms with E-state index in [-0.39, 0.29) is 5.91 Å². The van der Waals surface area contributed by atoms with Gasteiger partial charge in [0.05, 0.1) is 19.8 Å². The summed E-state index contributed by atoms with van der Waals surface area (Å²) >= 11 is 0. The second-order valence-electron chi connectivity index (χ2n) is 4.83. The van der Waals surface area contributed by atoms with Crippen LogP contribution >= 0.6 is 0 Å². The fourth-order valence-corrected chi connectivity index (χ4v) is 2.39. The molecule has 1 aromatic rings. The molecule has 1 aliphatic rings. The summed E-state index contributed by atoms with van der Waals surface area (Å²) in [5, 5.41) is 0. The van der Waals surface area contributed by atoms with Crippen molar-refractivity contribution in [3.8, 4) is 0 Å². The first-order valence-electron chi connectivity index (χ1n) is 6.36. The standard InChI is InChI=1S/C14H20N2O2/c15-14(17)10-16-6-7-18-11-13(9-16)8-12-4-2-1-3-5-12/h1-5,13H,6-11H2,(H2,15,17). The molecule has 1 heterocycles. The Labute approximate surface area is 108 Å². The van der Waals surface area contributed by atoms with E-state index in [9.17, 15) is 4.79 Å². The van der Waals surface area contributed by atoms with Gasteiger partial charge in [-0.05, 0) is 17.9 Å². The summed E-state index contributed by atoms with van der Waals surface area (Å²) in [6.45, 7) is 3.42. The Kier molecular flexibility index (Phi) is 4.73. The predicted molar refractivity (Wildman–Crippen MR) is 70.1 cm³/mol. The van der Waals surface area contributed by atoms with Crippen LogP contribution in [0.25, 0.3) is 0 Å². The van der Waals surface area contributed by atoms with Gasteiger partial charge in [0.1, 0.15) is 0 Å². The van der Waals surface area contributed by atoms with E-state index in [2.05, 4.69) is 17.0 Å². The van der Waals surface area contributed by atoms with Crippen molar-refractivity contribution in [1.82, 2.24) is 4.90 Å². The van der Waals surface area contributed by atoms with Crippen LogP contribution in [0.5, 0.6) is 0 Å². The SMILES string of the molecule is NC(=O)CN1CCOCC(Cc2ccccc2)C1. The molecule has 0 spiro atoms. The Morgan fingerprint density at radius 1 is 1.39 bits per heavy atom. The minimum Gasteiger partial charge on any atom is -0.380 e. The maximum absolute atomic E-state index is 11.0. The zero-order chi connectivity index (χ0) is 12.8. The number of hydrogen-bond donors (Lipinski definition) is 1. The quantitative estimate of drug-likeness (QED) is 0.851. The summed E-state index contributed by atoms with van der Waals surface area (Å²) in [5.74, 6) is 0.157. The van der Waals surface area contributed by atoms with Gasteiger partial charge in [-0.25, -0.2) is 0 Å². The van der Waals surface area contributed by atoms with E-state index >= 15 is 0 Å². The lowest BCUT2D eigenvalue weighted by molar-refractivity contribution is -0.119. The van der Waals surface area contributed by atoms with Crippen LogP contribution in [-0.4, -0.2) is 43.7 Å². The van der Waals surface area contributed by atoms with E-state index < -0.39 is 0 Å². The highest BCUT2D eigenvalue weighted by molar-refractivity contribution is 5.75. The zero-order valence-corrected chi connectivity index (χ0v) is 10.5. The second-order valence-corrected chi connectivity index (χ2v) is 4.83. The molecule has 1 aromatic carbocycles. The number of ether oxygens (including phenoxy) is 1. The van der Waals surface area contributed by atoms with Gasteiger partial charge >= 0.3 is 0 Å². The van der Waals surface area contributed by atoms with Crippen molar-refractivity contribution in [3.05, 3.63) is 35.9 Å². The molecule has 2 N–H and O–H groups in total. The molecule has 0 aliphatic carbocycles. The maximum Gasteiger partial charge on any atom is 0.231 e. The molecule has 1 fully saturated rings. The van der Waals surface area contributed by atoms with Crippen molar-refractivity contribution >= 4 is 5.91 Å². The Balaban J connectivity index is 1.92. The van der Waals surface area contributed by atoms with Crippen LogP contribution in [-0.2, 0) is 16.0 Å². The molecule has 1 saturated heterocycles. The lowest BCUT2D eigenvalue weighted by atomic mass is 9.99. The monoisotopic (exact) mass is 248 g/mol. The van der Waals surface area contributed by atoms with Crippen LogP contribution in [0, 0.1) is 5.92 Å². The maximum atomic E-state index is 11.0. The van der Waals surface area contributed by atoms with Crippen LogP contribution < -0.4 is 5.73 Å². The number of rotatable bonds is 4. The van der Waals surface area contributed by atoms with Crippen LogP contribution in [0.2, 0.25) is 0 Å². The second kappa shape index (κ2) is 6.52. The third-order valence-electron chi connectivity index (χ3n) is 3.17. The van der Waals surface area contributed by atoms with E-state index in [1.807, 2.05) is 18.2 Å². The Hall–Kier alpha value is -1.39. The van der Waals surface area contributed by atoms with Gasteiger partial charge in [-0.15, -0.1) is 0 Å². The van der Waals surface area contributed by atoms with Gasteiger partial charge in [0.2, 0.25) is 5.91 Å². The Morgan fingerprint density at radius 3 is 2.89 bits per heavy atom. The van der Waals surface area contributed by atoms with E-state index in [0.717, 1.165) is 26.1 Å². The molecule has 0 saturated carbocycles. The molecule has 2 rings (SSSR count). The van der Waals surface area contributed by atoms with Crippen LogP contribution in [0.15, 0.2) is 30.3 Å². The highest BCUT2D eigenvalue weighted by Gasteiger charge is 2.19. The predicted octanol–water partition coefficient (Wildman–Crippen LogP) is 0.663. The molecule has 4 heteroatoms. The van der Waals surface area contributed by atoms with Crippen molar-refractivity contribution in [2.45, 2.75) is 6.42 Å².